The molecule has 3 heterocycles. The highest BCUT2D eigenvalue weighted by Crippen LogP contribution is 2.37. The van der Waals surface area contributed by atoms with Gasteiger partial charge in [0.05, 0.1) is 11.4 Å². The van der Waals surface area contributed by atoms with Crippen LogP contribution in [0.25, 0.3) is 44.1 Å². The first-order chi connectivity index (χ1) is 15.8. The summed E-state index contributed by atoms with van der Waals surface area (Å²) >= 11 is 0. The molecule has 0 atom stereocenters. The Kier molecular flexibility index (Phi) is 5.33. The highest BCUT2D eigenvalue weighted by atomic mass is 16.5. The summed E-state index contributed by atoms with van der Waals surface area (Å²) in [6.45, 7) is 14.1. The maximum Gasteiger partial charge on any atom is 0.141 e. The van der Waals surface area contributed by atoms with Gasteiger partial charge in [0, 0.05) is 52.1 Å². The third kappa shape index (κ3) is 3.64. The average molecular weight is 443 g/mol. The van der Waals surface area contributed by atoms with Gasteiger partial charge in [-0.15, -0.1) is 0 Å². The van der Waals surface area contributed by atoms with Crippen molar-refractivity contribution in [3.63, 3.8) is 0 Å². The molecule has 1 N–H and O–H groups in total. The third-order valence-electron chi connectivity index (χ3n) is 6.40. The highest BCUT2D eigenvalue weighted by Gasteiger charge is 2.18. The van der Waals surface area contributed by atoms with Crippen molar-refractivity contribution in [1.29, 1.82) is 0 Å². The van der Waals surface area contributed by atoms with Crippen LogP contribution < -0.4 is 5.32 Å². The second-order valence-electron chi connectivity index (χ2n) is 9.12. The zero-order chi connectivity index (χ0) is 23.3. The molecule has 0 aliphatic rings. The molecule has 170 valence electrons. The van der Waals surface area contributed by atoms with E-state index in [9.17, 15) is 0 Å². The first kappa shape index (κ1) is 21.5. The maximum absolute atomic E-state index is 5.44. The SMILES string of the molecule is Cc1noc(C)c1-c1ccc2c(c1)c1cc(-c3c(C)noc3C)ccc1n2CCNC(C)C. The van der Waals surface area contributed by atoms with Gasteiger partial charge in [-0.3, -0.25) is 0 Å². The lowest BCUT2D eigenvalue weighted by Crippen LogP contribution is -2.26. The van der Waals surface area contributed by atoms with E-state index in [0.717, 1.165) is 58.3 Å². The van der Waals surface area contributed by atoms with Crippen LogP contribution in [0.15, 0.2) is 45.4 Å². The molecule has 5 aromatic rings. The molecule has 0 bridgehead atoms. The van der Waals surface area contributed by atoms with Gasteiger partial charge in [-0.2, -0.15) is 0 Å². The van der Waals surface area contributed by atoms with Crippen molar-refractivity contribution in [1.82, 2.24) is 20.2 Å². The van der Waals surface area contributed by atoms with Gasteiger partial charge in [0.2, 0.25) is 0 Å². The fourth-order valence-electron chi connectivity index (χ4n) is 4.91. The van der Waals surface area contributed by atoms with E-state index in [0.29, 0.717) is 6.04 Å². The molecule has 0 spiro atoms. The third-order valence-corrected chi connectivity index (χ3v) is 6.40. The zero-order valence-corrected chi connectivity index (χ0v) is 20.1. The standard InChI is InChI=1S/C27H30N4O2/c1-15(2)28-11-12-31-24-9-7-20(26-16(3)29-32-18(26)5)13-22(24)23-14-21(8-10-25(23)31)27-17(4)30-33-19(27)6/h7-10,13-15,28H,11-12H2,1-6H3. The molecule has 0 unspecified atom stereocenters. The molecular weight excluding hydrogens is 412 g/mol. The summed E-state index contributed by atoms with van der Waals surface area (Å²) < 4.78 is 13.3. The van der Waals surface area contributed by atoms with Gasteiger partial charge in [-0.05, 0) is 63.1 Å². The summed E-state index contributed by atoms with van der Waals surface area (Å²) in [7, 11) is 0. The summed E-state index contributed by atoms with van der Waals surface area (Å²) in [5, 5.41) is 14.3. The number of aromatic nitrogens is 3. The molecule has 0 amide bonds. The maximum atomic E-state index is 5.44. The number of benzene rings is 2. The normalized spacial score (nSPS) is 12.0. The zero-order valence-electron chi connectivity index (χ0n) is 20.1. The Morgan fingerprint density at radius 3 is 1.67 bits per heavy atom. The minimum absolute atomic E-state index is 0.454. The molecule has 0 radical (unpaired) electrons. The number of hydrogen-bond acceptors (Lipinski definition) is 5. The lowest BCUT2D eigenvalue weighted by molar-refractivity contribution is 0.393. The van der Waals surface area contributed by atoms with Gasteiger partial charge in [-0.1, -0.05) is 36.3 Å². The van der Waals surface area contributed by atoms with Crippen molar-refractivity contribution in [3.8, 4) is 22.3 Å². The lowest BCUT2D eigenvalue weighted by atomic mass is 9.99. The Morgan fingerprint density at radius 1 is 0.788 bits per heavy atom. The van der Waals surface area contributed by atoms with Gasteiger partial charge in [0.1, 0.15) is 11.5 Å². The quantitative estimate of drug-likeness (QED) is 0.332. The van der Waals surface area contributed by atoms with Gasteiger partial charge >= 0.3 is 0 Å². The summed E-state index contributed by atoms with van der Waals surface area (Å²) in [4.78, 5) is 0. The van der Waals surface area contributed by atoms with Crippen molar-refractivity contribution in [2.45, 2.75) is 54.1 Å². The number of nitrogens with one attached hydrogen (secondary N) is 1. The Hall–Kier alpha value is -3.38. The second-order valence-corrected chi connectivity index (χ2v) is 9.12. The van der Waals surface area contributed by atoms with E-state index in [1.54, 1.807) is 0 Å². The molecule has 0 saturated heterocycles. The molecule has 6 heteroatoms. The van der Waals surface area contributed by atoms with E-state index in [1.165, 1.54) is 21.8 Å². The van der Waals surface area contributed by atoms with E-state index in [2.05, 4.69) is 70.4 Å². The van der Waals surface area contributed by atoms with Crippen LogP contribution in [-0.2, 0) is 6.54 Å². The van der Waals surface area contributed by atoms with E-state index in [1.807, 2.05) is 27.7 Å². The van der Waals surface area contributed by atoms with Gasteiger partial charge in [0.15, 0.2) is 0 Å². The van der Waals surface area contributed by atoms with Gasteiger partial charge in [-0.25, -0.2) is 0 Å². The van der Waals surface area contributed by atoms with Crippen molar-refractivity contribution < 1.29 is 9.05 Å². The predicted molar refractivity (Wildman–Crippen MR) is 133 cm³/mol. The van der Waals surface area contributed by atoms with Crippen LogP contribution in [0.5, 0.6) is 0 Å². The Labute approximate surface area is 193 Å². The van der Waals surface area contributed by atoms with Crippen LogP contribution in [0.4, 0.5) is 0 Å². The van der Waals surface area contributed by atoms with Crippen molar-refractivity contribution in [3.05, 3.63) is 59.3 Å². The van der Waals surface area contributed by atoms with Crippen molar-refractivity contribution in [2.24, 2.45) is 0 Å². The largest absolute Gasteiger partial charge is 0.361 e. The molecule has 33 heavy (non-hydrogen) atoms. The van der Waals surface area contributed by atoms with Crippen molar-refractivity contribution >= 4 is 21.8 Å². The minimum Gasteiger partial charge on any atom is -0.361 e. The fourth-order valence-corrected chi connectivity index (χ4v) is 4.91. The Balaban J connectivity index is 1.74. The molecular formula is C27H30N4O2. The Morgan fingerprint density at radius 2 is 1.27 bits per heavy atom. The molecule has 0 fully saturated rings. The Bertz CT molecular complexity index is 1330. The van der Waals surface area contributed by atoms with E-state index in [4.69, 9.17) is 9.05 Å². The number of nitrogens with zero attached hydrogens (tertiary/aromatic N) is 3. The number of aryl methyl sites for hydroxylation is 4. The molecule has 0 saturated carbocycles. The molecule has 2 aromatic carbocycles. The van der Waals surface area contributed by atoms with E-state index < -0.39 is 0 Å². The molecule has 6 nitrogen and oxygen atoms in total. The molecule has 5 rings (SSSR count). The van der Waals surface area contributed by atoms with Crippen LogP contribution in [0.1, 0.15) is 36.8 Å². The van der Waals surface area contributed by atoms with E-state index in [-0.39, 0.29) is 0 Å². The minimum atomic E-state index is 0.454. The van der Waals surface area contributed by atoms with Gasteiger partial charge in [0.25, 0.3) is 0 Å². The second kappa shape index (κ2) is 8.19. The van der Waals surface area contributed by atoms with Crippen molar-refractivity contribution in [2.75, 3.05) is 6.54 Å². The smallest absolute Gasteiger partial charge is 0.141 e. The van der Waals surface area contributed by atoms with Crippen LogP contribution in [0, 0.1) is 27.7 Å². The molecule has 0 aliphatic carbocycles. The summed E-state index contributed by atoms with van der Waals surface area (Å²) in [5.41, 5.74) is 8.66. The van der Waals surface area contributed by atoms with Crippen LogP contribution in [-0.4, -0.2) is 27.5 Å². The number of rotatable bonds is 6. The van der Waals surface area contributed by atoms with E-state index >= 15 is 0 Å². The number of hydrogen-bond donors (Lipinski definition) is 1. The highest BCUT2D eigenvalue weighted by molar-refractivity contribution is 6.10. The molecule has 0 aliphatic heterocycles. The first-order valence-corrected chi connectivity index (χ1v) is 11.5. The monoisotopic (exact) mass is 442 g/mol. The summed E-state index contributed by atoms with van der Waals surface area (Å²) in [6.07, 6.45) is 0. The van der Waals surface area contributed by atoms with Crippen LogP contribution in [0.2, 0.25) is 0 Å². The predicted octanol–water partition coefficient (Wildman–Crippen LogP) is 6.34. The fraction of sp³-hybridized carbons (Fsp3) is 0.333. The van der Waals surface area contributed by atoms with Crippen LogP contribution >= 0.6 is 0 Å². The lowest BCUT2D eigenvalue weighted by Gasteiger charge is -2.11. The average Bonchev–Trinajstić information content (AvgIpc) is 3.40. The summed E-state index contributed by atoms with van der Waals surface area (Å²) in [6, 6.07) is 13.8. The number of fused-ring (bicyclic) bond motifs is 3. The summed E-state index contributed by atoms with van der Waals surface area (Å²) in [5.74, 6) is 1.68. The first-order valence-electron chi connectivity index (χ1n) is 11.5. The van der Waals surface area contributed by atoms with Crippen LogP contribution in [0.3, 0.4) is 0 Å². The van der Waals surface area contributed by atoms with Gasteiger partial charge < -0.3 is 18.9 Å². The molecule has 3 aromatic heterocycles. The topological polar surface area (TPSA) is 69.0 Å².